The van der Waals surface area contributed by atoms with Crippen LogP contribution in [-0.2, 0) is 16.1 Å². The van der Waals surface area contributed by atoms with Crippen molar-refractivity contribution in [2.75, 3.05) is 40.5 Å². The molecule has 2 aliphatic heterocycles. The lowest BCUT2D eigenvalue weighted by atomic mass is 9.85. The topological polar surface area (TPSA) is 42.0 Å². The SMILES string of the molecule is COCCN1CCCC2(CCCN2Cc2ccc(OC)c(C)c2)C1=O. The fourth-order valence-corrected chi connectivity index (χ4v) is 4.43. The fraction of sp³-hybridized carbons (Fsp3) is 0.650. The van der Waals surface area contributed by atoms with Crippen LogP contribution in [0.25, 0.3) is 0 Å². The van der Waals surface area contributed by atoms with Crippen LogP contribution in [-0.4, -0.2) is 61.7 Å². The van der Waals surface area contributed by atoms with Gasteiger partial charge in [0.05, 0.1) is 13.7 Å². The first-order valence-corrected chi connectivity index (χ1v) is 9.27. The molecule has 138 valence electrons. The molecule has 0 radical (unpaired) electrons. The van der Waals surface area contributed by atoms with Gasteiger partial charge in [-0.3, -0.25) is 9.69 Å². The van der Waals surface area contributed by atoms with E-state index in [1.807, 2.05) is 11.0 Å². The quantitative estimate of drug-likeness (QED) is 0.794. The predicted molar refractivity (Wildman–Crippen MR) is 97.8 cm³/mol. The number of benzene rings is 1. The number of piperidine rings is 1. The van der Waals surface area contributed by atoms with E-state index in [1.54, 1.807) is 14.2 Å². The van der Waals surface area contributed by atoms with E-state index in [-0.39, 0.29) is 5.54 Å². The Labute approximate surface area is 150 Å². The molecule has 1 aromatic carbocycles. The van der Waals surface area contributed by atoms with Gasteiger partial charge in [-0.1, -0.05) is 12.1 Å². The summed E-state index contributed by atoms with van der Waals surface area (Å²) in [7, 11) is 3.39. The predicted octanol–water partition coefficient (Wildman–Crippen LogP) is 2.61. The molecule has 0 aromatic heterocycles. The number of amides is 1. The van der Waals surface area contributed by atoms with Gasteiger partial charge in [0, 0.05) is 26.7 Å². The van der Waals surface area contributed by atoms with Gasteiger partial charge in [0.1, 0.15) is 11.3 Å². The highest BCUT2D eigenvalue weighted by molar-refractivity contribution is 5.87. The third-order valence-electron chi connectivity index (χ3n) is 5.73. The second-order valence-corrected chi connectivity index (χ2v) is 7.25. The van der Waals surface area contributed by atoms with Crippen LogP contribution < -0.4 is 4.74 Å². The second kappa shape index (κ2) is 7.75. The smallest absolute Gasteiger partial charge is 0.243 e. The number of likely N-dealkylation sites (tertiary alicyclic amines) is 2. The molecule has 1 aromatic rings. The van der Waals surface area contributed by atoms with Crippen LogP contribution in [0.4, 0.5) is 0 Å². The van der Waals surface area contributed by atoms with Gasteiger partial charge >= 0.3 is 0 Å². The van der Waals surface area contributed by atoms with Gasteiger partial charge in [-0.25, -0.2) is 0 Å². The van der Waals surface area contributed by atoms with Crippen molar-refractivity contribution in [2.45, 2.75) is 44.7 Å². The summed E-state index contributed by atoms with van der Waals surface area (Å²) in [5.74, 6) is 1.22. The maximum absolute atomic E-state index is 13.2. The number of aryl methyl sites for hydroxylation is 1. The summed E-state index contributed by atoms with van der Waals surface area (Å²) in [4.78, 5) is 17.6. The molecule has 5 nitrogen and oxygen atoms in total. The minimum atomic E-state index is -0.306. The van der Waals surface area contributed by atoms with E-state index in [4.69, 9.17) is 9.47 Å². The molecule has 1 unspecified atom stereocenters. The number of ether oxygens (including phenoxy) is 2. The molecule has 2 heterocycles. The van der Waals surface area contributed by atoms with Crippen molar-refractivity contribution in [1.82, 2.24) is 9.80 Å². The number of nitrogens with zero attached hydrogens (tertiary/aromatic N) is 2. The third-order valence-corrected chi connectivity index (χ3v) is 5.73. The molecule has 0 aliphatic carbocycles. The molecule has 2 aliphatic rings. The number of rotatable bonds is 6. The molecule has 1 atom stereocenters. The zero-order valence-corrected chi connectivity index (χ0v) is 15.7. The van der Waals surface area contributed by atoms with E-state index in [1.165, 1.54) is 5.56 Å². The molecule has 0 bridgehead atoms. The Balaban J connectivity index is 1.77. The van der Waals surface area contributed by atoms with Crippen molar-refractivity contribution < 1.29 is 14.3 Å². The van der Waals surface area contributed by atoms with Gasteiger partial charge < -0.3 is 14.4 Å². The maximum Gasteiger partial charge on any atom is 0.243 e. The number of hydrogen-bond donors (Lipinski definition) is 0. The van der Waals surface area contributed by atoms with Crippen LogP contribution >= 0.6 is 0 Å². The van der Waals surface area contributed by atoms with Crippen LogP contribution in [0.1, 0.15) is 36.8 Å². The highest BCUT2D eigenvalue weighted by atomic mass is 16.5. The third kappa shape index (κ3) is 3.53. The summed E-state index contributed by atoms with van der Waals surface area (Å²) < 4.78 is 10.5. The van der Waals surface area contributed by atoms with Crippen LogP contribution in [0, 0.1) is 6.92 Å². The molecule has 2 fully saturated rings. The van der Waals surface area contributed by atoms with E-state index >= 15 is 0 Å². The van der Waals surface area contributed by atoms with Crippen LogP contribution in [0.15, 0.2) is 18.2 Å². The second-order valence-electron chi connectivity index (χ2n) is 7.25. The Kier molecular flexibility index (Phi) is 5.64. The highest BCUT2D eigenvalue weighted by Gasteiger charge is 2.50. The first-order valence-electron chi connectivity index (χ1n) is 9.27. The maximum atomic E-state index is 13.2. The van der Waals surface area contributed by atoms with E-state index < -0.39 is 0 Å². The Morgan fingerprint density at radius 1 is 1.16 bits per heavy atom. The lowest BCUT2D eigenvalue weighted by Gasteiger charge is -2.44. The molecule has 0 saturated carbocycles. The summed E-state index contributed by atoms with van der Waals surface area (Å²) >= 11 is 0. The van der Waals surface area contributed by atoms with E-state index in [2.05, 4.69) is 24.0 Å². The molecule has 3 rings (SSSR count). The summed E-state index contributed by atoms with van der Waals surface area (Å²) in [5, 5.41) is 0. The summed E-state index contributed by atoms with van der Waals surface area (Å²) in [5.41, 5.74) is 2.09. The van der Waals surface area contributed by atoms with Crippen molar-refractivity contribution in [3.8, 4) is 5.75 Å². The summed E-state index contributed by atoms with van der Waals surface area (Å²) in [6, 6.07) is 6.33. The summed E-state index contributed by atoms with van der Waals surface area (Å²) in [6.45, 7) is 6.06. The zero-order valence-electron chi connectivity index (χ0n) is 15.7. The molecular weight excluding hydrogens is 316 g/mol. The largest absolute Gasteiger partial charge is 0.496 e. The highest BCUT2D eigenvalue weighted by Crippen LogP contribution is 2.39. The van der Waals surface area contributed by atoms with E-state index in [0.717, 1.165) is 56.6 Å². The molecule has 5 heteroatoms. The standard InChI is InChI=1S/C20H30N2O3/c1-16-14-17(6-7-18(16)25-3)15-22-11-5-9-20(22)8-4-10-21(19(20)23)12-13-24-2/h6-7,14H,4-5,8-13,15H2,1-3H3. The first kappa shape index (κ1) is 18.2. The van der Waals surface area contributed by atoms with E-state index in [9.17, 15) is 4.79 Å². The lowest BCUT2D eigenvalue weighted by Crippen LogP contribution is -2.60. The minimum absolute atomic E-state index is 0.304. The summed E-state index contributed by atoms with van der Waals surface area (Å²) in [6.07, 6.45) is 4.13. The normalized spacial score (nSPS) is 24.3. The average Bonchev–Trinajstić information content (AvgIpc) is 3.00. The Hall–Kier alpha value is -1.59. The molecule has 2 saturated heterocycles. The van der Waals surface area contributed by atoms with Crippen molar-refractivity contribution in [1.29, 1.82) is 0 Å². The van der Waals surface area contributed by atoms with Gasteiger partial charge in [-0.15, -0.1) is 0 Å². The van der Waals surface area contributed by atoms with Gasteiger partial charge in [-0.05, 0) is 56.3 Å². The van der Waals surface area contributed by atoms with Crippen molar-refractivity contribution in [3.63, 3.8) is 0 Å². The minimum Gasteiger partial charge on any atom is -0.496 e. The molecular formula is C20H30N2O3. The Morgan fingerprint density at radius 3 is 2.60 bits per heavy atom. The average molecular weight is 346 g/mol. The van der Waals surface area contributed by atoms with Gasteiger partial charge in [-0.2, -0.15) is 0 Å². The van der Waals surface area contributed by atoms with E-state index in [0.29, 0.717) is 19.1 Å². The van der Waals surface area contributed by atoms with Crippen molar-refractivity contribution >= 4 is 5.91 Å². The van der Waals surface area contributed by atoms with Crippen LogP contribution in [0.5, 0.6) is 5.75 Å². The molecule has 0 N–H and O–H groups in total. The van der Waals surface area contributed by atoms with Crippen molar-refractivity contribution in [3.05, 3.63) is 29.3 Å². The number of methoxy groups -OCH3 is 2. The molecule has 1 spiro atoms. The fourth-order valence-electron chi connectivity index (χ4n) is 4.43. The number of carbonyl (C=O) groups excluding carboxylic acids is 1. The zero-order chi connectivity index (χ0) is 17.9. The number of carbonyl (C=O) groups is 1. The lowest BCUT2D eigenvalue weighted by molar-refractivity contribution is -0.148. The Bertz CT molecular complexity index is 619. The van der Waals surface area contributed by atoms with Crippen molar-refractivity contribution in [2.24, 2.45) is 0 Å². The molecule has 1 amide bonds. The number of hydrogen-bond acceptors (Lipinski definition) is 4. The van der Waals surface area contributed by atoms with Gasteiger partial charge in [0.15, 0.2) is 0 Å². The first-order chi connectivity index (χ1) is 12.1. The molecule has 25 heavy (non-hydrogen) atoms. The van der Waals surface area contributed by atoms with Gasteiger partial charge in [0.2, 0.25) is 5.91 Å². The Morgan fingerprint density at radius 2 is 1.92 bits per heavy atom. The van der Waals surface area contributed by atoms with Crippen LogP contribution in [0.2, 0.25) is 0 Å². The van der Waals surface area contributed by atoms with Crippen LogP contribution in [0.3, 0.4) is 0 Å². The monoisotopic (exact) mass is 346 g/mol. The van der Waals surface area contributed by atoms with Gasteiger partial charge in [0.25, 0.3) is 0 Å².